The van der Waals surface area contributed by atoms with Gasteiger partial charge < -0.3 is 4.74 Å². The summed E-state index contributed by atoms with van der Waals surface area (Å²) in [5.74, 6) is -0.500. The van der Waals surface area contributed by atoms with E-state index >= 15 is 0 Å². The average Bonchev–Trinajstić information content (AvgIpc) is 2.83. The molecule has 1 atom stereocenters. The number of esters is 1. The smallest absolute Gasteiger partial charge is 0.331 e. The fraction of sp³-hybridized carbons (Fsp3) is 0.357. The van der Waals surface area contributed by atoms with E-state index in [0.717, 1.165) is 12.5 Å². The lowest BCUT2D eigenvalue weighted by atomic mass is 9.99. The van der Waals surface area contributed by atoms with Crippen molar-refractivity contribution in [2.24, 2.45) is 0 Å². The highest BCUT2D eigenvalue weighted by atomic mass is 32.2. The SMILES string of the molecule is CS(=O)(=O)Nc1ccc(CCOS(C)(=O)=O)c(C2C=CC(=O)O2)c1. The number of benzene rings is 1. The van der Waals surface area contributed by atoms with Crippen LogP contribution < -0.4 is 4.72 Å². The molecule has 0 radical (unpaired) electrons. The Kier molecular flexibility index (Phi) is 5.31. The first-order valence-electron chi connectivity index (χ1n) is 6.87. The maximum atomic E-state index is 11.4. The molecule has 1 aromatic rings. The summed E-state index contributed by atoms with van der Waals surface area (Å²) in [4.78, 5) is 11.3. The largest absolute Gasteiger partial charge is 0.450 e. The van der Waals surface area contributed by atoms with Crippen molar-refractivity contribution in [2.75, 3.05) is 23.8 Å². The first-order valence-corrected chi connectivity index (χ1v) is 10.6. The Bertz CT molecular complexity index is 872. The molecule has 0 saturated carbocycles. The van der Waals surface area contributed by atoms with Crippen molar-refractivity contribution in [3.8, 4) is 0 Å². The van der Waals surface area contributed by atoms with E-state index in [1.165, 1.54) is 6.08 Å². The molecule has 2 rings (SSSR count). The minimum absolute atomic E-state index is 0.0743. The number of rotatable bonds is 7. The van der Waals surface area contributed by atoms with E-state index in [-0.39, 0.29) is 13.0 Å². The number of anilines is 1. The highest BCUT2D eigenvalue weighted by Gasteiger charge is 2.22. The van der Waals surface area contributed by atoms with Gasteiger partial charge in [0.2, 0.25) is 10.0 Å². The third-order valence-corrected chi connectivity index (χ3v) is 4.28. The second kappa shape index (κ2) is 6.91. The van der Waals surface area contributed by atoms with Gasteiger partial charge in [0.1, 0.15) is 6.10 Å². The Balaban J connectivity index is 2.28. The number of carbonyl (C=O) groups excluding carboxylic acids is 1. The lowest BCUT2D eigenvalue weighted by molar-refractivity contribution is -0.138. The van der Waals surface area contributed by atoms with Crippen LogP contribution in [0.4, 0.5) is 5.69 Å². The van der Waals surface area contributed by atoms with Gasteiger partial charge in [0, 0.05) is 17.3 Å². The van der Waals surface area contributed by atoms with Crippen LogP contribution in [0.2, 0.25) is 0 Å². The Morgan fingerprint density at radius 3 is 2.46 bits per heavy atom. The summed E-state index contributed by atoms with van der Waals surface area (Å²) in [6.45, 7) is -0.0743. The van der Waals surface area contributed by atoms with E-state index in [1.807, 2.05) is 0 Å². The van der Waals surface area contributed by atoms with Crippen LogP contribution in [0.5, 0.6) is 0 Å². The molecule has 24 heavy (non-hydrogen) atoms. The molecule has 1 aliphatic rings. The van der Waals surface area contributed by atoms with Crippen LogP contribution in [0.15, 0.2) is 30.4 Å². The molecule has 1 heterocycles. The Morgan fingerprint density at radius 2 is 1.92 bits per heavy atom. The molecular formula is C14H17NO7S2. The van der Waals surface area contributed by atoms with Gasteiger partial charge >= 0.3 is 5.97 Å². The maximum Gasteiger partial charge on any atom is 0.331 e. The van der Waals surface area contributed by atoms with Crippen molar-refractivity contribution in [2.45, 2.75) is 12.5 Å². The van der Waals surface area contributed by atoms with Crippen LogP contribution in [-0.2, 0) is 40.3 Å². The summed E-state index contributed by atoms with van der Waals surface area (Å²) in [6.07, 6.45) is 4.39. The summed E-state index contributed by atoms with van der Waals surface area (Å²) in [7, 11) is -7.02. The van der Waals surface area contributed by atoms with Gasteiger partial charge in [0.05, 0.1) is 19.1 Å². The monoisotopic (exact) mass is 375 g/mol. The van der Waals surface area contributed by atoms with Crippen molar-refractivity contribution >= 4 is 31.8 Å². The summed E-state index contributed by atoms with van der Waals surface area (Å²) >= 11 is 0. The van der Waals surface area contributed by atoms with Gasteiger partial charge in [-0.15, -0.1) is 0 Å². The molecule has 0 aliphatic carbocycles. The van der Waals surface area contributed by atoms with Crippen LogP contribution in [0, 0.1) is 0 Å². The molecule has 0 bridgehead atoms. The molecule has 1 aliphatic heterocycles. The predicted octanol–water partition coefficient (Wildman–Crippen LogP) is 0.731. The zero-order valence-electron chi connectivity index (χ0n) is 13.1. The third kappa shape index (κ3) is 5.62. The number of carbonyl (C=O) groups is 1. The highest BCUT2D eigenvalue weighted by molar-refractivity contribution is 7.92. The standard InChI is InChI=1S/C14H17NO7S2/c1-23(17,18)15-11-4-3-10(7-8-21-24(2,19)20)12(9-11)13-5-6-14(16)22-13/h3-6,9,13,15H,7-8H2,1-2H3. The fourth-order valence-corrected chi connectivity index (χ4v) is 3.15. The molecular weight excluding hydrogens is 358 g/mol. The number of ether oxygens (including phenoxy) is 1. The number of hydrogen-bond acceptors (Lipinski definition) is 7. The van der Waals surface area contributed by atoms with Gasteiger partial charge in [-0.2, -0.15) is 8.42 Å². The fourth-order valence-electron chi connectivity index (χ4n) is 2.20. The van der Waals surface area contributed by atoms with Gasteiger partial charge in [0.25, 0.3) is 10.1 Å². The average molecular weight is 375 g/mol. The van der Waals surface area contributed by atoms with Gasteiger partial charge in [-0.05, 0) is 30.2 Å². The molecule has 0 spiro atoms. The number of sulfonamides is 1. The van der Waals surface area contributed by atoms with Crippen LogP contribution >= 0.6 is 0 Å². The molecule has 0 saturated heterocycles. The Morgan fingerprint density at radius 1 is 1.21 bits per heavy atom. The molecule has 1 N–H and O–H groups in total. The van der Waals surface area contributed by atoms with Gasteiger partial charge in [0.15, 0.2) is 0 Å². The summed E-state index contributed by atoms with van der Waals surface area (Å²) < 4.78 is 57.0. The van der Waals surface area contributed by atoms with Gasteiger partial charge in [-0.1, -0.05) is 6.07 Å². The lowest BCUT2D eigenvalue weighted by Gasteiger charge is -2.16. The molecule has 0 amide bonds. The van der Waals surface area contributed by atoms with E-state index in [4.69, 9.17) is 8.92 Å². The van der Waals surface area contributed by atoms with E-state index < -0.39 is 32.2 Å². The molecule has 132 valence electrons. The van der Waals surface area contributed by atoms with Crippen LogP contribution in [0.25, 0.3) is 0 Å². The van der Waals surface area contributed by atoms with Crippen LogP contribution in [0.3, 0.4) is 0 Å². The molecule has 1 aromatic carbocycles. The second-order valence-electron chi connectivity index (χ2n) is 5.28. The maximum absolute atomic E-state index is 11.4. The van der Waals surface area contributed by atoms with Crippen molar-refractivity contribution in [3.05, 3.63) is 41.5 Å². The van der Waals surface area contributed by atoms with Crippen LogP contribution in [-0.4, -0.2) is 41.9 Å². The van der Waals surface area contributed by atoms with Crippen molar-refractivity contribution in [3.63, 3.8) is 0 Å². The number of nitrogens with one attached hydrogen (secondary N) is 1. The van der Waals surface area contributed by atoms with E-state index in [0.29, 0.717) is 16.8 Å². The minimum atomic E-state index is -3.56. The van der Waals surface area contributed by atoms with Crippen LogP contribution in [0.1, 0.15) is 17.2 Å². The van der Waals surface area contributed by atoms with Gasteiger partial charge in [-0.3, -0.25) is 8.91 Å². The summed E-state index contributed by atoms with van der Waals surface area (Å²) in [6, 6.07) is 4.72. The normalized spacial score (nSPS) is 17.8. The molecule has 1 unspecified atom stereocenters. The highest BCUT2D eigenvalue weighted by Crippen LogP contribution is 2.30. The zero-order chi connectivity index (χ0) is 18.0. The lowest BCUT2D eigenvalue weighted by Crippen LogP contribution is -2.12. The van der Waals surface area contributed by atoms with Crippen molar-refractivity contribution in [1.82, 2.24) is 0 Å². The predicted molar refractivity (Wildman–Crippen MR) is 87.4 cm³/mol. The first kappa shape index (κ1) is 18.4. The van der Waals surface area contributed by atoms with E-state index in [9.17, 15) is 21.6 Å². The van der Waals surface area contributed by atoms with Crippen molar-refractivity contribution in [1.29, 1.82) is 0 Å². The number of cyclic esters (lactones) is 1. The minimum Gasteiger partial charge on any atom is -0.450 e. The summed E-state index contributed by atoms with van der Waals surface area (Å²) in [5, 5.41) is 0. The second-order valence-corrected chi connectivity index (χ2v) is 8.67. The zero-order valence-corrected chi connectivity index (χ0v) is 14.7. The number of hydrogen-bond donors (Lipinski definition) is 1. The topological polar surface area (TPSA) is 116 Å². The Labute approximate surface area is 140 Å². The molecule has 0 fully saturated rings. The summed E-state index contributed by atoms with van der Waals surface area (Å²) in [5.41, 5.74) is 1.56. The Hall–Kier alpha value is -1.91. The molecule has 0 aromatic heterocycles. The van der Waals surface area contributed by atoms with Crippen molar-refractivity contribution < 1.29 is 30.6 Å². The third-order valence-electron chi connectivity index (χ3n) is 3.07. The van der Waals surface area contributed by atoms with Gasteiger partial charge in [-0.25, -0.2) is 13.2 Å². The quantitative estimate of drug-likeness (QED) is 0.552. The molecule has 10 heteroatoms. The molecule has 8 nitrogen and oxygen atoms in total. The first-order chi connectivity index (χ1) is 11.0. The van der Waals surface area contributed by atoms with E-state index in [1.54, 1.807) is 24.3 Å². The van der Waals surface area contributed by atoms with E-state index in [2.05, 4.69) is 4.72 Å².